The molecular weight excluding hydrogens is 230 g/mol. The molecule has 1 N–H and O–H groups in total. The summed E-state index contributed by atoms with van der Waals surface area (Å²) in [7, 11) is 0. The van der Waals surface area contributed by atoms with Gasteiger partial charge in [-0.05, 0) is 19.1 Å². The van der Waals surface area contributed by atoms with Crippen molar-refractivity contribution in [3.63, 3.8) is 0 Å². The summed E-state index contributed by atoms with van der Waals surface area (Å²) in [5, 5.41) is 8.99. The van der Waals surface area contributed by atoms with Crippen LogP contribution in [0, 0.1) is 12.8 Å². The highest BCUT2D eigenvalue weighted by molar-refractivity contribution is 5.95. The minimum atomic E-state index is -0.00380. The number of pyridine rings is 1. The number of aryl methyl sites for hydroxylation is 1. The van der Waals surface area contributed by atoms with Crippen LogP contribution in [0.5, 0.6) is 0 Å². The van der Waals surface area contributed by atoms with E-state index < -0.39 is 0 Å². The van der Waals surface area contributed by atoms with Gasteiger partial charge in [0.25, 0.3) is 5.91 Å². The van der Waals surface area contributed by atoms with E-state index in [1.54, 1.807) is 4.90 Å². The molecule has 3 rings (SSSR count). The van der Waals surface area contributed by atoms with Gasteiger partial charge in [0.05, 0.1) is 5.69 Å². The van der Waals surface area contributed by atoms with Crippen molar-refractivity contribution in [1.29, 1.82) is 0 Å². The molecule has 1 aliphatic rings. The van der Waals surface area contributed by atoms with E-state index >= 15 is 0 Å². The normalized spacial score (nSPS) is 16.0. The minimum Gasteiger partial charge on any atom is -0.396 e. The monoisotopic (exact) mass is 245 g/mol. The number of aromatic nitrogens is 2. The van der Waals surface area contributed by atoms with Gasteiger partial charge in [-0.25, -0.2) is 4.98 Å². The van der Waals surface area contributed by atoms with Crippen molar-refractivity contribution in [3.05, 3.63) is 35.8 Å². The van der Waals surface area contributed by atoms with Gasteiger partial charge in [-0.2, -0.15) is 0 Å². The Kier molecular flexibility index (Phi) is 2.56. The van der Waals surface area contributed by atoms with Crippen molar-refractivity contribution in [1.82, 2.24) is 14.3 Å². The number of hydrogen-bond donors (Lipinski definition) is 1. The highest BCUT2D eigenvalue weighted by Gasteiger charge is 2.32. The summed E-state index contributed by atoms with van der Waals surface area (Å²) in [4.78, 5) is 18.5. The zero-order chi connectivity index (χ0) is 12.7. The number of hydrogen-bond acceptors (Lipinski definition) is 3. The van der Waals surface area contributed by atoms with Crippen LogP contribution in [0.4, 0.5) is 0 Å². The van der Waals surface area contributed by atoms with Gasteiger partial charge in [-0.1, -0.05) is 6.07 Å². The van der Waals surface area contributed by atoms with Crippen molar-refractivity contribution >= 4 is 11.6 Å². The zero-order valence-corrected chi connectivity index (χ0v) is 10.2. The predicted molar refractivity (Wildman–Crippen MR) is 66.4 cm³/mol. The Morgan fingerprint density at radius 2 is 2.28 bits per heavy atom. The van der Waals surface area contributed by atoms with Crippen LogP contribution in [0.2, 0.25) is 0 Å². The second kappa shape index (κ2) is 4.10. The fourth-order valence-corrected chi connectivity index (χ4v) is 2.37. The van der Waals surface area contributed by atoms with Crippen molar-refractivity contribution in [2.45, 2.75) is 6.92 Å². The van der Waals surface area contributed by atoms with Crippen LogP contribution in [-0.2, 0) is 0 Å². The highest BCUT2D eigenvalue weighted by Crippen LogP contribution is 2.20. The van der Waals surface area contributed by atoms with Crippen LogP contribution in [0.1, 0.15) is 16.2 Å². The molecule has 18 heavy (non-hydrogen) atoms. The Balaban J connectivity index is 1.94. The number of fused-ring (bicyclic) bond motifs is 1. The summed E-state index contributed by atoms with van der Waals surface area (Å²) in [5.74, 6) is 0.226. The molecule has 0 radical (unpaired) electrons. The van der Waals surface area contributed by atoms with Crippen LogP contribution in [0.15, 0.2) is 24.4 Å². The molecule has 5 heteroatoms. The van der Waals surface area contributed by atoms with Crippen LogP contribution >= 0.6 is 0 Å². The van der Waals surface area contributed by atoms with Gasteiger partial charge in [-0.15, -0.1) is 0 Å². The Labute approximate surface area is 105 Å². The second-order valence-electron chi connectivity index (χ2n) is 4.73. The topological polar surface area (TPSA) is 57.8 Å². The fraction of sp³-hybridized carbons (Fsp3) is 0.385. The fourth-order valence-electron chi connectivity index (χ4n) is 2.37. The molecule has 2 aromatic heterocycles. The summed E-state index contributed by atoms with van der Waals surface area (Å²) in [6.45, 7) is 3.27. The standard InChI is InChI=1S/C13H15N3O2/c1-9-12(13(18)15-6-10(7-15)8-17)16-5-3-2-4-11(16)14-9/h2-5,10,17H,6-8H2,1H3. The Morgan fingerprint density at radius 3 is 3.00 bits per heavy atom. The highest BCUT2D eigenvalue weighted by atomic mass is 16.3. The molecule has 0 atom stereocenters. The molecule has 94 valence electrons. The molecule has 0 aliphatic carbocycles. The minimum absolute atomic E-state index is 0.00380. The molecule has 0 saturated carbocycles. The van der Waals surface area contributed by atoms with E-state index in [0.29, 0.717) is 18.8 Å². The van der Waals surface area contributed by atoms with Gasteiger partial charge >= 0.3 is 0 Å². The number of rotatable bonds is 2. The third-order valence-electron chi connectivity index (χ3n) is 3.41. The van der Waals surface area contributed by atoms with Crippen molar-refractivity contribution in [2.75, 3.05) is 19.7 Å². The first-order valence-electron chi connectivity index (χ1n) is 6.04. The average molecular weight is 245 g/mol. The SMILES string of the molecule is Cc1nc2ccccn2c1C(=O)N1CC(CO)C1. The molecule has 1 amide bonds. The Hall–Kier alpha value is -1.88. The first-order chi connectivity index (χ1) is 8.70. The van der Waals surface area contributed by atoms with Crippen LogP contribution in [0.25, 0.3) is 5.65 Å². The van der Waals surface area contributed by atoms with E-state index in [2.05, 4.69) is 4.98 Å². The van der Waals surface area contributed by atoms with E-state index in [1.165, 1.54) is 0 Å². The average Bonchev–Trinajstić information content (AvgIpc) is 2.63. The number of aliphatic hydroxyl groups is 1. The maximum atomic E-state index is 12.4. The number of carbonyl (C=O) groups is 1. The number of carbonyl (C=O) groups excluding carboxylic acids is 1. The summed E-state index contributed by atoms with van der Waals surface area (Å²) in [6, 6.07) is 5.68. The van der Waals surface area contributed by atoms with Crippen molar-refractivity contribution in [2.24, 2.45) is 5.92 Å². The van der Waals surface area contributed by atoms with E-state index in [-0.39, 0.29) is 18.4 Å². The Morgan fingerprint density at radius 1 is 1.50 bits per heavy atom. The van der Waals surface area contributed by atoms with Gasteiger partial charge in [0.15, 0.2) is 0 Å². The third kappa shape index (κ3) is 1.59. The molecule has 1 fully saturated rings. The maximum absolute atomic E-state index is 12.4. The number of imidazole rings is 1. The maximum Gasteiger partial charge on any atom is 0.272 e. The smallest absolute Gasteiger partial charge is 0.272 e. The first kappa shape index (κ1) is 11.2. The lowest BCUT2D eigenvalue weighted by Gasteiger charge is -2.38. The number of nitrogens with zero attached hydrogens (tertiary/aromatic N) is 3. The molecule has 0 aromatic carbocycles. The lowest BCUT2D eigenvalue weighted by Crippen LogP contribution is -2.51. The Bertz CT molecular complexity index is 599. The lowest BCUT2D eigenvalue weighted by atomic mass is 10.0. The van der Waals surface area contributed by atoms with Crippen molar-refractivity contribution in [3.8, 4) is 0 Å². The quantitative estimate of drug-likeness (QED) is 0.847. The van der Waals surface area contributed by atoms with Gasteiger partial charge in [0.2, 0.25) is 0 Å². The van der Waals surface area contributed by atoms with Crippen LogP contribution in [-0.4, -0.2) is 45.0 Å². The summed E-state index contributed by atoms with van der Waals surface area (Å²) in [6.07, 6.45) is 1.85. The second-order valence-corrected chi connectivity index (χ2v) is 4.73. The molecular formula is C13H15N3O2. The molecule has 3 heterocycles. The largest absolute Gasteiger partial charge is 0.396 e. The van der Waals surface area contributed by atoms with E-state index in [0.717, 1.165) is 11.3 Å². The van der Waals surface area contributed by atoms with E-state index in [1.807, 2.05) is 35.7 Å². The molecule has 1 saturated heterocycles. The molecule has 0 spiro atoms. The molecule has 0 bridgehead atoms. The summed E-state index contributed by atoms with van der Waals surface area (Å²) >= 11 is 0. The van der Waals surface area contributed by atoms with Crippen LogP contribution < -0.4 is 0 Å². The van der Waals surface area contributed by atoms with Gasteiger partial charge in [-0.3, -0.25) is 9.20 Å². The number of likely N-dealkylation sites (tertiary alicyclic amines) is 1. The molecule has 5 nitrogen and oxygen atoms in total. The molecule has 2 aromatic rings. The van der Waals surface area contributed by atoms with Gasteiger partial charge in [0, 0.05) is 31.8 Å². The van der Waals surface area contributed by atoms with Gasteiger partial charge < -0.3 is 10.0 Å². The summed E-state index contributed by atoms with van der Waals surface area (Å²) < 4.78 is 1.82. The lowest BCUT2D eigenvalue weighted by molar-refractivity contribution is 0.0355. The summed E-state index contributed by atoms with van der Waals surface area (Å²) in [5.41, 5.74) is 2.17. The van der Waals surface area contributed by atoms with E-state index in [9.17, 15) is 4.79 Å². The molecule has 0 unspecified atom stereocenters. The third-order valence-corrected chi connectivity index (χ3v) is 3.41. The van der Waals surface area contributed by atoms with Gasteiger partial charge in [0.1, 0.15) is 11.3 Å². The number of amides is 1. The zero-order valence-electron chi connectivity index (χ0n) is 10.2. The first-order valence-corrected chi connectivity index (χ1v) is 6.04. The predicted octanol–water partition coefficient (Wildman–Crippen LogP) is 0.707. The number of aliphatic hydroxyl groups excluding tert-OH is 1. The van der Waals surface area contributed by atoms with Crippen molar-refractivity contribution < 1.29 is 9.90 Å². The molecule has 1 aliphatic heterocycles. The van der Waals surface area contributed by atoms with E-state index in [4.69, 9.17) is 5.11 Å². The van der Waals surface area contributed by atoms with Crippen LogP contribution in [0.3, 0.4) is 0 Å².